The molecule has 5 saturated carbocycles. The van der Waals surface area contributed by atoms with Gasteiger partial charge in [0.05, 0.1) is 5.41 Å². The lowest BCUT2D eigenvalue weighted by Crippen LogP contribution is -2.60. The van der Waals surface area contributed by atoms with Crippen molar-refractivity contribution in [3.63, 3.8) is 0 Å². The number of hydrogen-bond acceptors (Lipinski definition) is 2. The van der Waals surface area contributed by atoms with E-state index in [0.29, 0.717) is 11.8 Å². The summed E-state index contributed by atoms with van der Waals surface area (Å²) in [5.41, 5.74) is -0.531. The molecule has 0 radical (unpaired) electrons. The van der Waals surface area contributed by atoms with Gasteiger partial charge in [0.2, 0.25) is 0 Å². The first-order valence-corrected chi connectivity index (χ1v) is 10.3. The van der Waals surface area contributed by atoms with Crippen molar-refractivity contribution in [2.24, 2.45) is 40.9 Å². The van der Waals surface area contributed by atoms with Gasteiger partial charge in [0.15, 0.2) is 0 Å². The Labute approximate surface area is 168 Å². The molecular formula is C20H24F8O2. The van der Waals surface area contributed by atoms with Crippen molar-refractivity contribution in [2.75, 3.05) is 0 Å². The molecule has 5 fully saturated rings. The normalized spacial score (nSPS) is 43.2. The molecule has 0 aliphatic heterocycles. The molecule has 6 unspecified atom stereocenters. The summed E-state index contributed by atoms with van der Waals surface area (Å²) < 4.78 is 112. The summed E-state index contributed by atoms with van der Waals surface area (Å²) in [6, 6.07) is 0. The maximum Gasteiger partial charge on any atom is 0.378 e. The van der Waals surface area contributed by atoms with Crippen molar-refractivity contribution in [3.8, 4) is 0 Å². The van der Waals surface area contributed by atoms with Crippen molar-refractivity contribution < 1.29 is 44.7 Å². The molecule has 0 N–H and O–H groups in total. The molecular weight excluding hydrogens is 424 g/mol. The van der Waals surface area contributed by atoms with Crippen LogP contribution >= 0.6 is 0 Å². The zero-order valence-corrected chi connectivity index (χ0v) is 16.5. The van der Waals surface area contributed by atoms with Crippen LogP contribution in [0.25, 0.3) is 0 Å². The van der Waals surface area contributed by atoms with E-state index in [0.717, 1.165) is 6.42 Å². The van der Waals surface area contributed by atoms with Gasteiger partial charge < -0.3 is 4.74 Å². The fourth-order valence-electron chi connectivity index (χ4n) is 6.97. The van der Waals surface area contributed by atoms with Crippen molar-refractivity contribution >= 4 is 5.97 Å². The summed E-state index contributed by atoms with van der Waals surface area (Å²) in [7, 11) is 0. The molecule has 6 atom stereocenters. The number of ether oxygens (including phenoxy) is 1. The maximum absolute atomic E-state index is 14.1. The molecule has 5 aliphatic rings. The van der Waals surface area contributed by atoms with Gasteiger partial charge >= 0.3 is 30.2 Å². The van der Waals surface area contributed by atoms with Crippen LogP contribution in [0.2, 0.25) is 0 Å². The lowest BCUT2D eigenvalue weighted by Gasteiger charge is -2.39. The minimum absolute atomic E-state index is 0.172. The van der Waals surface area contributed by atoms with Crippen LogP contribution < -0.4 is 0 Å². The Morgan fingerprint density at radius 1 is 1.00 bits per heavy atom. The van der Waals surface area contributed by atoms with E-state index in [1.165, 1.54) is 0 Å². The van der Waals surface area contributed by atoms with Crippen molar-refractivity contribution in [3.05, 3.63) is 0 Å². The second-order valence-corrected chi connectivity index (χ2v) is 9.61. The first kappa shape index (κ1) is 22.1. The van der Waals surface area contributed by atoms with Crippen LogP contribution in [0.3, 0.4) is 0 Å². The quantitative estimate of drug-likeness (QED) is 0.379. The number of rotatable bonds is 6. The molecule has 0 aromatic heterocycles. The summed E-state index contributed by atoms with van der Waals surface area (Å²) in [6.07, 6.45) is -6.33. The largest absolute Gasteiger partial charge is 0.462 e. The highest BCUT2D eigenvalue weighted by atomic mass is 19.4. The van der Waals surface area contributed by atoms with Gasteiger partial charge in [-0.3, -0.25) is 4.79 Å². The average Bonchev–Trinajstić information content (AvgIpc) is 2.96. The Bertz CT molecular complexity index is 714. The standard InChI is InChI=1S/C20H24F8O2/c1-8-12-7-13-14(8)17(13,9(12)2)16(29)30-11-5-3-10(4-6-11)18(23,24)20(27,28)19(25,26)15(21)22/h8-15H,3-7H2,1-2H3. The highest BCUT2D eigenvalue weighted by Crippen LogP contribution is 2.83. The van der Waals surface area contributed by atoms with Crippen LogP contribution in [-0.2, 0) is 9.53 Å². The predicted molar refractivity (Wildman–Crippen MR) is 88.5 cm³/mol. The van der Waals surface area contributed by atoms with Crippen LogP contribution in [0.4, 0.5) is 35.1 Å². The van der Waals surface area contributed by atoms with Gasteiger partial charge in [-0.2, -0.15) is 26.3 Å². The first-order valence-electron chi connectivity index (χ1n) is 10.3. The molecule has 0 heterocycles. The Balaban J connectivity index is 1.37. The van der Waals surface area contributed by atoms with Crippen molar-refractivity contribution in [1.82, 2.24) is 0 Å². The van der Waals surface area contributed by atoms with Gasteiger partial charge in [-0.05, 0) is 61.7 Å². The molecule has 2 nitrogen and oxygen atoms in total. The molecule has 0 spiro atoms. The van der Waals surface area contributed by atoms with E-state index < -0.39 is 54.5 Å². The average molecular weight is 448 g/mol. The smallest absolute Gasteiger partial charge is 0.378 e. The summed E-state index contributed by atoms with van der Waals surface area (Å²) in [6.45, 7) is 4.12. The summed E-state index contributed by atoms with van der Waals surface area (Å²) in [5.74, 6) is -18.6. The second-order valence-electron chi connectivity index (χ2n) is 9.61. The first-order chi connectivity index (χ1) is 13.7. The highest BCUT2D eigenvalue weighted by molar-refractivity contribution is 5.84. The highest BCUT2D eigenvalue weighted by Gasteiger charge is 2.85. The van der Waals surface area contributed by atoms with Crippen LogP contribution in [0, 0.1) is 40.9 Å². The lowest BCUT2D eigenvalue weighted by atomic mass is 9.79. The van der Waals surface area contributed by atoms with E-state index in [-0.39, 0.29) is 36.6 Å². The van der Waals surface area contributed by atoms with Gasteiger partial charge in [-0.15, -0.1) is 0 Å². The molecule has 30 heavy (non-hydrogen) atoms. The molecule has 172 valence electrons. The van der Waals surface area contributed by atoms with Gasteiger partial charge in [0.25, 0.3) is 0 Å². The Morgan fingerprint density at radius 3 is 1.97 bits per heavy atom. The minimum atomic E-state index is -6.18. The predicted octanol–water partition coefficient (Wildman–Crippen LogP) is 5.80. The number of hydrogen-bond donors (Lipinski definition) is 0. The van der Waals surface area contributed by atoms with E-state index in [1.807, 2.05) is 6.92 Å². The third-order valence-electron chi connectivity index (χ3n) is 8.58. The van der Waals surface area contributed by atoms with E-state index in [2.05, 4.69) is 6.92 Å². The summed E-state index contributed by atoms with van der Waals surface area (Å²) >= 11 is 0. The van der Waals surface area contributed by atoms with Gasteiger partial charge in [-0.1, -0.05) is 13.8 Å². The zero-order chi connectivity index (χ0) is 22.4. The topological polar surface area (TPSA) is 26.3 Å². The van der Waals surface area contributed by atoms with Gasteiger partial charge in [-0.25, -0.2) is 8.78 Å². The lowest BCUT2D eigenvalue weighted by molar-refractivity contribution is -0.352. The Kier molecular flexibility index (Phi) is 4.77. The van der Waals surface area contributed by atoms with Crippen LogP contribution in [-0.4, -0.2) is 36.3 Å². The Hall–Kier alpha value is -1.09. The van der Waals surface area contributed by atoms with Gasteiger partial charge in [0.1, 0.15) is 6.10 Å². The monoisotopic (exact) mass is 448 g/mol. The zero-order valence-electron chi connectivity index (χ0n) is 16.5. The Morgan fingerprint density at radius 2 is 1.57 bits per heavy atom. The van der Waals surface area contributed by atoms with E-state index in [9.17, 15) is 39.9 Å². The van der Waals surface area contributed by atoms with E-state index in [1.54, 1.807) is 0 Å². The summed E-state index contributed by atoms with van der Waals surface area (Å²) in [4.78, 5) is 12.8. The SMILES string of the molecule is CC1C2CC3C1C3(C(=O)OC1CCC(C(F)(F)C(F)(F)C(F)(F)C(F)F)CC1)C2C. The molecule has 0 aromatic rings. The number of carbonyl (C=O) groups excluding carboxylic acids is 1. The third kappa shape index (κ3) is 2.51. The third-order valence-corrected chi connectivity index (χ3v) is 8.58. The fourth-order valence-corrected chi connectivity index (χ4v) is 6.97. The van der Waals surface area contributed by atoms with Crippen LogP contribution in [0.1, 0.15) is 46.0 Å². The van der Waals surface area contributed by atoms with E-state index >= 15 is 0 Å². The molecule has 0 saturated heterocycles. The number of esters is 1. The molecule has 5 rings (SSSR count). The molecule has 0 amide bonds. The minimum Gasteiger partial charge on any atom is -0.462 e. The van der Waals surface area contributed by atoms with E-state index in [4.69, 9.17) is 4.74 Å². The maximum atomic E-state index is 14.1. The number of alkyl halides is 8. The van der Waals surface area contributed by atoms with Crippen LogP contribution in [0.5, 0.6) is 0 Å². The summed E-state index contributed by atoms with van der Waals surface area (Å²) in [5, 5.41) is 0. The molecule has 5 aliphatic carbocycles. The number of carbonyl (C=O) groups is 1. The van der Waals surface area contributed by atoms with Crippen LogP contribution in [0.15, 0.2) is 0 Å². The molecule has 10 heteroatoms. The second kappa shape index (κ2) is 6.47. The van der Waals surface area contributed by atoms with Crippen molar-refractivity contribution in [2.45, 2.75) is 76.2 Å². The fraction of sp³-hybridized carbons (Fsp3) is 0.950. The molecule has 4 bridgehead atoms. The number of halogens is 8. The molecule has 0 aromatic carbocycles. The van der Waals surface area contributed by atoms with Gasteiger partial charge in [0, 0.05) is 5.92 Å². The van der Waals surface area contributed by atoms with Crippen molar-refractivity contribution in [1.29, 1.82) is 0 Å².